The third-order valence-electron chi connectivity index (χ3n) is 5.42. The third kappa shape index (κ3) is 5.67. The molecule has 0 unspecified atom stereocenters. The monoisotopic (exact) mass is 431 g/mol. The van der Waals surface area contributed by atoms with Gasteiger partial charge in [-0.1, -0.05) is 55.7 Å². The zero-order chi connectivity index (χ0) is 21.5. The molecule has 2 N–H and O–H groups in total. The maximum absolute atomic E-state index is 12.6. The second-order valence-corrected chi connectivity index (χ2v) is 8.07. The summed E-state index contributed by atoms with van der Waals surface area (Å²) in [5.41, 5.74) is 4.29. The molecule has 1 fully saturated rings. The lowest BCUT2D eigenvalue weighted by Gasteiger charge is -2.23. The van der Waals surface area contributed by atoms with Crippen LogP contribution in [0, 0.1) is 0 Å². The Kier molecular flexibility index (Phi) is 6.89. The van der Waals surface area contributed by atoms with Crippen molar-refractivity contribution in [2.75, 3.05) is 0 Å². The van der Waals surface area contributed by atoms with E-state index in [1.807, 2.05) is 48.5 Å². The van der Waals surface area contributed by atoms with Crippen LogP contribution >= 0.6 is 12.2 Å². The van der Waals surface area contributed by atoms with E-state index in [0.29, 0.717) is 22.5 Å². The highest BCUT2D eigenvalue weighted by atomic mass is 32.1. The van der Waals surface area contributed by atoms with Gasteiger partial charge in [0.2, 0.25) is 0 Å². The molecule has 31 heavy (non-hydrogen) atoms. The number of carbonyl (C=O) groups excluding carboxylic acids is 1. The quantitative estimate of drug-likeness (QED) is 0.191. The predicted octanol–water partition coefficient (Wildman–Crippen LogP) is 5.19. The summed E-state index contributed by atoms with van der Waals surface area (Å²) in [5, 5.41) is 9.94. The van der Waals surface area contributed by atoms with Gasteiger partial charge in [-0.05, 0) is 71.7 Å². The standard InChI is InChI=1S/C25H25N3O2S/c29-24(23-12-6-8-19-7-4-5-11-22(19)23)30-21-15-13-18(14-16-21)17-26-28-25(31)27-20-9-2-1-3-10-20/h4-8,11-17,20H,1-3,9-10H2,(H2,27,28,31)/b26-17-. The lowest BCUT2D eigenvalue weighted by atomic mass is 9.96. The van der Waals surface area contributed by atoms with Crippen LogP contribution in [-0.2, 0) is 0 Å². The maximum atomic E-state index is 12.6. The van der Waals surface area contributed by atoms with Gasteiger partial charge < -0.3 is 10.1 Å². The van der Waals surface area contributed by atoms with Crippen LogP contribution in [0.25, 0.3) is 10.8 Å². The van der Waals surface area contributed by atoms with Crippen LogP contribution in [0.1, 0.15) is 48.0 Å². The molecule has 0 heterocycles. The molecule has 6 heteroatoms. The van der Waals surface area contributed by atoms with Crippen LogP contribution in [0.3, 0.4) is 0 Å². The smallest absolute Gasteiger partial charge is 0.344 e. The van der Waals surface area contributed by atoms with Gasteiger partial charge in [-0.2, -0.15) is 5.10 Å². The van der Waals surface area contributed by atoms with Gasteiger partial charge >= 0.3 is 5.97 Å². The van der Waals surface area contributed by atoms with E-state index in [1.165, 1.54) is 19.3 Å². The largest absolute Gasteiger partial charge is 0.423 e. The number of hydrogen-bond donors (Lipinski definition) is 2. The van der Waals surface area contributed by atoms with Crippen LogP contribution in [-0.4, -0.2) is 23.3 Å². The van der Waals surface area contributed by atoms with Gasteiger partial charge in [-0.15, -0.1) is 0 Å². The van der Waals surface area contributed by atoms with Crippen LogP contribution < -0.4 is 15.5 Å². The second kappa shape index (κ2) is 10.2. The summed E-state index contributed by atoms with van der Waals surface area (Å²) >= 11 is 5.30. The Morgan fingerprint density at radius 2 is 1.71 bits per heavy atom. The van der Waals surface area contributed by atoms with Crippen LogP contribution in [0.5, 0.6) is 5.75 Å². The summed E-state index contributed by atoms with van der Waals surface area (Å²) in [4.78, 5) is 12.6. The lowest BCUT2D eigenvalue weighted by Crippen LogP contribution is -2.40. The molecule has 0 atom stereocenters. The topological polar surface area (TPSA) is 62.7 Å². The van der Waals surface area contributed by atoms with Gasteiger partial charge in [-0.3, -0.25) is 5.43 Å². The second-order valence-electron chi connectivity index (χ2n) is 7.66. The average molecular weight is 432 g/mol. The van der Waals surface area contributed by atoms with E-state index in [0.717, 1.165) is 29.2 Å². The van der Waals surface area contributed by atoms with Crippen molar-refractivity contribution in [1.82, 2.24) is 10.7 Å². The van der Waals surface area contributed by atoms with Crippen molar-refractivity contribution in [3.63, 3.8) is 0 Å². The number of hydrazone groups is 1. The number of benzene rings is 3. The number of carbonyl (C=O) groups is 1. The van der Waals surface area contributed by atoms with E-state index in [9.17, 15) is 4.79 Å². The molecule has 1 saturated carbocycles. The van der Waals surface area contributed by atoms with Crippen molar-refractivity contribution in [3.05, 3.63) is 77.9 Å². The number of esters is 1. The zero-order valence-corrected chi connectivity index (χ0v) is 18.0. The molecule has 0 aromatic heterocycles. The third-order valence-corrected chi connectivity index (χ3v) is 5.63. The first-order chi connectivity index (χ1) is 15.2. The number of rotatable bonds is 5. The highest BCUT2D eigenvalue weighted by Crippen LogP contribution is 2.21. The maximum Gasteiger partial charge on any atom is 0.344 e. The van der Waals surface area contributed by atoms with Gasteiger partial charge in [0.15, 0.2) is 5.11 Å². The van der Waals surface area contributed by atoms with Gasteiger partial charge in [-0.25, -0.2) is 4.79 Å². The first kappa shape index (κ1) is 21.0. The van der Waals surface area contributed by atoms with Crippen molar-refractivity contribution in [3.8, 4) is 5.75 Å². The summed E-state index contributed by atoms with van der Waals surface area (Å²) in [6, 6.07) is 21.0. The molecule has 0 bridgehead atoms. The van der Waals surface area contributed by atoms with Gasteiger partial charge in [0.05, 0.1) is 11.8 Å². The minimum atomic E-state index is -0.376. The zero-order valence-electron chi connectivity index (χ0n) is 17.2. The van der Waals surface area contributed by atoms with Crippen molar-refractivity contribution < 1.29 is 9.53 Å². The molecule has 4 rings (SSSR count). The Labute approximate surface area is 187 Å². The highest BCUT2D eigenvalue weighted by Gasteiger charge is 2.14. The molecule has 3 aromatic carbocycles. The van der Waals surface area contributed by atoms with E-state index in [1.54, 1.807) is 24.4 Å². The van der Waals surface area contributed by atoms with Crippen molar-refractivity contribution in [1.29, 1.82) is 0 Å². The molecule has 0 saturated heterocycles. The summed E-state index contributed by atoms with van der Waals surface area (Å²) in [5.74, 6) is 0.108. The van der Waals surface area contributed by atoms with E-state index in [4.69, 9.17) is 17.0 Å². The Balaban J connectivity index is 1.32. The molecule has 1 aliphatic rings. The molecule has 158 valence electrons. The summed E-state index contributed by atoms with van der Waals surface area (Å²) < 4.78 is 5.56. The van der Waals surface area contributed by atoms with Crippen molar-refractivity contribution >= 4 is 40.3 Å². The average Bonchev–Trinajstić information content (AvgIpc) is 2.80. The van der Waals surface area contributed by atoms with Gasteiger partial charge in [0, 0.05) is 6.04 Å². The first-order valence-electron chi connectivity index (χ1n) is 10.6. The van der Waals surface area contributed by atoms with Crippen LogP contribution in [0.2, 0.25) is 0 Å². The summed E-state index contributed by atoms with van der Waals surface area (Å²) in [7, 11) is 0. The number of ether oxygens (including phenoxy) is 1. The Morgan fingerprint density at radius 3 is 2.52 bits per heavy atom. The molecule has 0 spiro atoms. The summed E-state index contributed by atoms with van der Waals surface area (Å²) in [6.07, 6.45) is 7.81. The molecular formula is C25H25N3O2S. The fraction of sp³-hybridized carbons (Fsp3) is 0.240. The van der Waals surface area contributed by atoms with Gasteiger partial charge in [0.25, 0.3) is 0 Å². The number of fused-ring (bicyclic) bond motifs is 1. The van der Waals surface area contributed by atoms with Crippen LogP contribution in [0.4, 0.5) is 0 Å². The predicted molar refractivity (Wildman–Crippen MR) is 129 cm³/mol. The molecule has 1 aliphatic carbocycles. The summed E-state index contributed by atoms with van der Waals surface area (Å²) in [6.45, 7) is 0. The number of nitrogens with zero attached hydrogens (tertiary/aromatic N) is 1. The van der Waals surface area contributed by atoms with Crippen LogP contribution in [0.15, 0.2) is 71.8 Å². The SMILES string of the molecule is O=C(Oc1ccc(/C=N\NC(=S)NC2CCCCC2)cc1)c1cccc2ccccc12. The van der Waals surface area contributed by atoms with Gasteiger partial charge in [0.1, 0.15) is 5.75 Å². The number of nitrogens with one attached hydrogen (secondary N) is 2. The Hall–Kier alpha value is -3.25. The minimum absolute atomic E-state index is 0.376. The molecule has 5 nitrogen and oxygen atoms in total. The van der Waals surface area contributed by atoms with Crippen molar-refractivity contribution in [2.24, 2.45) is 5.10 Å². The Bertz CT molecular complexity index is 1080. The van der Waals surface area contributed by atoms with E-state index in [-0.39, 0.29) is 5.97 Å². The molecule has 3 aromatic rings. The number of thiocarbonyl (C=S) groups is 1. The minimum Gasteiger partial charge on any atom is -0.423 e. The first-order valence-corrected chi connectivity index (χ1v) is 11.0. The van der Waals surface area contributed by atoms with Crippen molar-refractivity contribution in [2.45, 2.75) is 38.1 Å². The normalized spacial score (nSPS) is 14.5. The molecule has 0 aliphatic heterocycles. The highest BCUT2D eigenvalue weighted by molar-refractivity contribution is 7.80. The molecule has 0 radical (unpaired) electrons. The molecule has 0 amide bonds. The Morgan fingerprint density at radius 1 is 0.968 bits per heavy atom. The fourth-order valence-electron chi connectivity index (χ4n) is 3.82. The van der Waals surface area contributed by atoms with E-state index >= 15 is 0 Å². The lowest BCUT2D eigenvalue weighted by molar-refractivity contribution is 0.0737. The fourth-order valence-corrected chi connectivity index (χ4v) is 4.04. The van der Waals surface area contributed by atoms with E-state index < -0.39 is 0 Å². The number of hydrogen-bond acceptors (Lipinski definition) is 4. The van der Waals surface area contributed by atoms with E-state index in [2.05, 4.69) is 15.8 Å². The molecular weight excluding hydrogens is 406 g/mol.